The van der Waals surface area contributed by atoms with E-state index in [0.717, 1.165) is 25.7 Å². The van der Waals surface area contributed by atoms with Gasteiger partial charge in [-0.05, 0) is 37.1 Å². The van der Waals surface area contributed by atoms with Crippen LogP contribution in [-0.2, 0) is 0 Å². The Labute approximate surface area is 127 Å². The van der Waals surface area contributed by atoms with Crippen molar-refractivity contribution in [3.63, 3.8) is 0 Å². The minimum atomic E-state index is -0.177. The van der Waals surface area contributed by atoms with Gasteiger partial charge in [0.05, 0.1) is 6.26 Å². The molecule has 1 aliphatic rings. The molecule has 3 rings (SSSR count). The van der Waals surface area contributed by atoms with Crippen molar-refractivity contribution < 1.29 is 9.21 Å². The number of hydrogen-bond donors (Lipinski definition) is 0. The fraction of sp³-hybridized carbons (Fsp3) is 0.400. The topological polar surface area (TPSA) is 59.2 Å². The molecule has 2 heterocycles. The molecular weight excluding hydrogens is 290 g/mol. The predicted octanol–water partition coefficient (Wildman–Crippen LogP) is 3.70. The first-order valence-corrected chi connectivity index (χ1v) is 7.50. The Balaban J connectivity index is 1.93. The third kappa shape index (κ3) is 3.08. The molecule has 1 fully saturated rings. The van der Waals surface area contributed by atoms with Crippen molar-refractivity contribution in [2.24, 2.45) is 0 Å². The van der Waals surface area contributed by atoms with Gasteiger partial charge in [0.15, 0.2) is 16.7 Å². The summed E-state index contributed by atoms with van der Waals surface area (Å²) in [5.74, 6) is 0.661. The first-order chi connectivity index (χ1) is 10.3. The lowest BCUT2D eigenvalue weighted by Gasteiger charge is -2.32. The molecule has 5 nitrogen and oxygen atoms in total. The van der Waals surface area contributed by atoms with Gasteiger partial charge in [0.1, 0.15) is 0 Å². The molecule has 0 atom stereocenters. The minimum absolute atomic E-state index is 0.131. The van der Waals surface area contributed by atoms with Crippen molar-refractivity contribution in [1.29, 1.82) is 0 Å². The summed E-state index contributed by atoms with van der Waals surface area (Å²) in [6.07, 6.45) is 6.89. The van der Waals surface area contributed by atoms with Gasteiger partial charge < -0.3 is 4.42 Å². The summed E-state index contributed by atoms with van der Waals surface area (Å²) >= 11 is 5.79. The van der Waals surface area contributed by atoms with E-state index in [9.17, 15) is 4.79 Å². The number of carbonyl (C=O) groups excluding carboxylic acids is 1. The van der Waals surface area contributed by atoms with Crippen LogP contribution < -0.4 is 4.90 Å². The van der Waals surface area contributed by atoms with E-state index in [-0.39, 0.29) is 11.9 Å². The van der Waals surface area contributed by atoms with Gasteiger partial charge in [-0.3, -0.25) is 9.69 Å². The smallest absolute Gasteiger partial charge is 0.295 e. The molecule has 2 aromatic heterocycles. The molecule has 0 bridgehead atoms. The number of anilines is 1. The Morgan fingerprint density at radius 3 is 2.62 bits per heavy atom. The lowest BCUT2D eigenvalue weighted by molar-refractivity contribution is 0.0942. The number of furan rings is 1. The van der Waals surface area contributed by atoms with Crippen molar-refractivity contribution in [3.8, 4) is 0 Å². The third-order valence-electron chi connectivity index (χ3n) is 3.76. The number of carbonyl (C=O) groups is 1. The molecule has 0 aromatic carbocycles. The zero-order valence-corrected chi connectivity index (χ0v) is 12.3. The summed E-state index contributed by atoms with van der Waals surface area (Å²) in [6, 6.07) is 6.88. The number of halogens is 1. The normalized spacial score (nSPS) is 15.9. The average molecular weight is 306 g/mol. The van der Waals surface area contributed by atoms with E-state index < -0.39 is 0 Å². The van der Waals surface area contributed by atoms with Crippen LogP contribution in [0.15, 0.2) is 34.9 Å². The zero-order chi connectivity index (χ0) is 14.7. The molecule has 0 aliphatic heterocycles. The SMILES string of the molecule is O=C(c1ccco1)N(c1ccc(Cl)nn1)C1CCCCC1. The molecule has 6 heteroatoms. The lowest BCUT2D eigenvalue weighted by atomic mass is 9.94. The molecule has 1 amide bonds. The van der Waals surface area contributed by atoms with Crippen LogP contribution in [0.4, 0.5) is 5.82 Å². The second-order valence-electron chi connectivity index (χ2n) is 5.16. The molecule has 0 spiro atoms. The molecule has 0 N–H and O–H groups in total. The van der Waals surface area contributed by atoms with Crippen LogP contribution in [0.25, 0.3) is 0 Å². The maximum Gasteiger partial charge on any atom is 0.295 e. The molecule has 0 radical (unpaired) electrons. The summed E-state index contributed by atoms with van der Waals surface area (Å²) in [6.45, 7) is 0. The molecule has 0 saturated heterocycles. The van der Waals surface area contributed by atoms with Crippen molar-refractivity contribution in [2.75, 3.05) is 4.90 Å². The molecule has 110 valence electrons. The first-order valence-electron chi connectivity index (χ1n) is 7.12. The Kier molecular flexibility index (Phi) is 4.20. The van der Waals surface area contributed by atoms with Crippen LogP contribution in [0.1, 0.15) is 42.7 Å². The second-order valence-corrected chi connectivity index (χ2v) is 5.55. The summed E-state index contributed by atoms with van der Waals surface area (Å²) in [7, 11) is 0. The summed E-state index contributed by atoms with van der Waals surface area (Å²) < 4.78 is 5.25. The van der Waals surface area contributed by atoms with E-state index >= 15 is 0 Å². The van der Waals surface area contributed by atoms with Crippen LogP contribution in [-0.4, -0.2) is 22.1 Å². The van der Waals surface area contributed by atoms with Gasteiger partial charge in [0.2, 0.25) is 0 Å². The van der Waals surface area contributed by atoms with E-state index in [1.807, 2.05) is 0 Å². The highest BCUT2D eigenvalue weighted by Gasteiger charge is 2.30. The maximum absolute atomic E-state index is 12.7. The quantitative estimate of drug-likeness (QED) is 0.867. The maximum atomic E-state index is 12.7. The average Bonchev–Trinajstić information content (AvgIpc) is 3.05. The molecule has 1 aliphatic carbocycles. The first kappa shape index (κ1) is 14.1. The Morgan fingerprint density at radius 1 is 1.19 bits per heavy atom. The molecule has 0 unspecified atom stereocenters. The Bertz CT molecular complexity index is 592. The number of aromatic nitrogens is 2. The summed E-state index contributed by atoms with van der Waals surface area (Å²) in [5, 5.41) is 8.23. The number of hydrogen-bond acceptors (Lipinski definition) is 4. The number of rotatable bonds is 3. The van der Waals surface area contributed by atoms with Crippen LogP contribution in [0.5, 0.6) is 0 Å². The Hall–Kier alpha value is -1.88. The predicted molar refractivity (Wildman–Crippen MR) is 79.4 cm³/mol. The van der Waals surface area contributed by atoms with Crippen molar-refractivity contribution >= 4 is 23.3 Å². The number of nitrogens with zero attached hydrogens (tertiary/aromatic N) is 3. The van der Waals surface area contributed by atoms with E-state index in [2.05, 4.69) is 10.2 Å². The lowest BCUT2D eigenvalue weighted by Crippen LogP contribution is -2.42. The number of amides is 1. The van der Waals surface area contributed by atoms with Crippen LogP contribution in [0.3, 0.4) is 0 Å². The van der Waals surface area contributed by atoms with Crippen molar-refractivity contribution in [1.82, 2.24) is 10.2 Å². The van der Waals surface area contributed by atoms with Crippen molar-refractivity contribution in [3.05, 3.63) is 41.4 Å². The van der Waals surface area contributed by atoms with Crippen LogP contribution >= 0.6 is 11.6 Å². The zero-order valence-electron chi connectivity index (χ0n) is 11.5. The second kappa shape index (κ2) is 6.26. The van der Waals surface area contributed by atoms with Crippen molar-refractivity contribution in [2.45, 2.75) is 38.1 Å². The molecule has 2 aromatic rings. The molecule has 1 saturated carbocycles. The van der Waals surface area contributed by atoms with E-state index in [1.54, 1.807) is 29.2 Å². The van der Waals surface area contributed by atoms with E-state index in [4.69, 9.17) is 16.0 Å². The fourth-order valence-corrected chi connectivity index (χ4v) is 2.85. The van der Waals surface area contributed by atoms with Crippen LogP contribution in [0, 0.1) is 0 Å². The molecule has 21 heavy (non-hydrogen) atoms. The summed E-state index contributed by atoms with van der Waals surface area (Å²) in [5.41, 5.74) is 0. The van der Waals surface area contributed by atoms with Gasteiger partial charge in [-0.1, -0.05) is 30.9 Å². The summed E-state index contributed by atoms with van der Waals surface area (Å²) in [4.78, 5) is 14.4. The highest BCUT2D eigenvalue weighted by Crippen LogP contribution is 2.28. The van der Waals surface area contributed by atoms with Gasteiger partial charge in [-0.2, -0.15) is 0 Å². The fourth-order valence-electron chi connectivity index (χ4n) is 2.75. The van der Waals surface area contributed by atoms with Gasteiger partial charge in [0.25, 0.3) is 5.91 Å². The largest absolute Gasteiger partial charge is 0.459 e. The van der Waals surface area contributed by atoms with E-state index in [1.165, 1.54) is 12.7 Å². The van der Waals surface area contributed by atoms with Gasteiger partial charge in [-0.25, -0.2) is 0 Å². The van der Waals surface area contributed by atoms with Gasteiger partial charge >= 0.3 is 0 Å². The van der Waals surface area contributed by atoms with Crippen LogP contribution in [0.2, 0.25) is 5.15 Å². The highest BCUT2D eigenvalue weighted by molar-refractivity contribution is 6.29. The standard InChI is InChI=1S/C15H16ClN3O2/c16-13-8-9-14(18-17-13)19(11-5-2-1-3-6-11)15(20)12-7-4-10-21-12/h4,7-11H,1-3,5-6H2. The highest BCUT2D eigenvalue weighted by atomic mass is 35.5. The monoisotopic (exact) mass is 305 g/mol. The van der Waals surface area contributed by atoms with Gasteiger partial charge in [0, 0.05) is 6.04 Å². The third-order valence-corrected chi connectivity index (χ3v) is 3.96. The van der Waals surface area contributed by atoms with E-state index in [0.29, 0.717) is 16.7 Å². The molecular formula is C15H16ClN3O2. The minimum Gasteiger partial charge on any atom is -0.459 e. The Morgan fingerprint density at radius 2 is 2.00 bits per heavy atom. The van der Waals surface area contributed by atoms with Gasteiger partial charge in [-0.15, -0.1) is 10.2 Å².